The van der Waals surface area contributed by atoms with E-state index < -0.39 is 0 Å². The van der Waals surface area contributed by atoms with Crippen LogP contribution in [0.25, 0.3) is 0 Å². The van der Waals surface area contributed by atoms with Gasteiger partial charge in [-0.1, -0.05) is 24.3 Å². The summed E-state index contributed by atoms with van der Waals surface area (Å²) in [4.78, 5) is 9.38. The van der Waals surface area contributed by atoms with Gasteiger partial charge in [0, 0.05) is 101 Å². The van der Waals surface area contributed by atoms with Crippen LogP contribution in [0.5, 0.6) is 46.0 Å². The topological polar surface area (TPSA) is 131 Å². The van der Waals surface area contributed by atoms with Crippen molar-refractivity contribution >= 4 is 0 Å². The molecule has 0 saturated carbocycles. The minimum atomic E-state index is 0.137. The molecule has 4 N–H and O–H groups in total. The van der Waals surface area contributed by atoms with Crippen LogP contribution >= 0.6 is 0 Å². The van der Waals surface area contributed by atoms with E-state index in [2.05, 4.69) is 19.6 Å². The first-order chi connectivity index (χ1) is 26.8. The van der Waals surface area contributed by atoms with E-state index in [1.165, 1.54) is 0 Å². The van der Waals surface area contributed by atoms with E-state index >= 15 is 0 Å². The Kier molecular flexibility index (Phi) is 14.6. The highest BCUT2D eigenvalue weighted by Crippen LogP contribution is 2.36. The maximum atomic E-state index is 11.2. The SMILES string of the molecule is COc1cc(C)cc(CN2CCN(Cc3cc(C)cc(OC)c3O)CCN(Cc3cc(C)cc(OC)c3O)CCN(Cc3cc(C)cc(OC)c3O)CC2)c1O. The van der Waals surface area contributed by atoms with Crippen LogP contribution in [0, 0.1) is 27.7 Å². The average Bonchev–Trinajstić information content (AvgIpc) is 3.17. The van der Waals surface area contributed by atoms with Crippen LogP contribution in [0.4, 0.5) is 0 Å². The molecule has 1 aliphatic heterocycles. The second kappa shape index (κ2) is 19.3. The second-order valence-corrected chi connectivity index (χ2v) is 15.0. The Balaban J connectivity index is 1.51. The molecule has 1 fully saturated rings. The van der Waals surface area contributed by atoms with Gasteiger partial charge >= 0.3 is 0 Å². The second-order valence-electron chi connectivity index (χ2n) is 15.0. The summed E-state index contributed by atoms with van der Waals surface area (Å²) in [6, 6.07) is 15.4. The van der Waals surface area contributed by atoms with E-state index in [-0.39, 0.29) is 23.0 Å². The number of phenolic OH excluding ortho intramolecular Hbond substituents is 4. The van der Waals surface area contributed by atoms with Gasteiger partial charge in [-0.2, -0.15) is 0 Å². The lowest BCUT2D eigenvalue weighted by Gasteiger charge is -2.35. The Hall–Kier alpha value is -4.88. The highest BCUT2D eigenvalue weighted by atomic mass is 16.5. The predicted molar refractivity (Wildman–Crippen MR) is 219 cm³/mol. The van der Waals surface area contributed by atoms with Gasteiger partial charge in [0.05, 0.1) is 28.4 Å². The molecular weight excluding hydrogens is 713 g/mol. The molecule has 12 heteroatoms. The summed E-state index contributed by atoms with van der Waals surface area (Å²) in [7, 11) is 6.26. The Labute approximate surface area is 332 Å². The van der Waals surface area contributed by atoms with Crippen molar-refractivity contribution in [3.05, 3.63) is 93.0 Å². The normalized spacial score (nSPS) is 15.6. The van der Waals surface area contributed by atoms with Gasteiger partial charge in [0.25, 0.3) is 0 Å². The number of ether oxygens (including phenoxy) is 4. The molecule has 0 atom stereocenters. The minimum absolute atomic E-state index is 0.137. The van der Waals surface area contributed by atoms with Crippen molar-refractivity contribution in [2.45, 2.75) is 53.9 Å². The molecule has 0 bridgehead atoms. The van der Waals surface area contributed by atoms with Crippen LogP contribution in [-0.4, -0.2) is 121 Å². The summed E-state index contributed by atoms with van der Waals surface area (Å²) < 4.78 is 22.1. The summed E-state index contributed by atoms with van der Waals surface area (Å²) in [6.45, 7) is 15.4. The number of rotatable bonds is 12. The summed E-state index contributed by atoms with van der Waals surface area (Å²) in [6.07, 6.45) is 0. The smallest absolute Gasteiger partial charge is 0.162 e. The largest absolute Gasteiger partial charge is 0.504 e. The third-order valence-electron chi connectivity index (χ3n) is 10.6. The molecule has 4 aromatic carbocycles. The quantitative estimate of drug-likeness (QED) is 0.133. The van der Waals surface area contributed by atoms with Crippen LogP contribution in [0.3, 0.4) is 0 Å². The van der Waals surface area contributed by atoms with Crippen LogP contribution < -0.4 is 18.9 Å². The highest BCUT2D eigenvalue weighted by Gasteiger charge is 2.23. The molecule has 1 heterocycles. The van der Waals surface area contributed by atoms with Crippen molar-refractivity contribution in [3.8, 4) is 46.0 Å². The van der Waals surface area contributed by atoms with Crippen LogP contribution in [0.2, 0.25) is 0 Å². The zero-order valence-corrected chi connectivity index (χ0v) is 34.3. The zero-order valence-electron chi connectivity index (χ0n) is 34.3. The van der Waals surface area contributed by atoms with E-state index in [1.807, 2.05) is 76.2 Å². The van der Waals surface area contributed by atoms with Crippen molar-refractivity contribution < 1.29 is 39.4 Å². The molecule has 0 unspecified atom stereocenters. The van der Waals surface area contributed by atoms with Crippen LogP contribution in [0.15, 0.2) is 48.5 Å². The third-order valence-corrected chi connectivity index (χ3v) is 10.6. The first-order valence-corrected chi connectivity index (χ1v) is 19.2. The van der Waals surface area contributed by atoms with E-state index in [1.54, 1.807) is 28.4 Å². The lowest BCUT2D eigenvalue weighted by molar-refractivity contribution is 0.120. The molecule has 1 aliphatic rings. The molecule has 0 aromatic heterocycles. The van der Waals surface area contributed by atoms with Gasteiger partial charge in [-0.25, -0.2) is 0 Å². The molecule has 0 amide bonds. The third kappa shape index (κ3) is 10.7. The molecule has 56 heavy (non-hydrogen) atoms. The fourth-order valence-electron chi connectivity index (χ4n) is 7.55. The first kappa shape index (κ1) is 42.3. The molecular formula is C44H60N4O8. The maximum Gasteiger partial charge on any atom is 0.162 e. The Morgan fingerprint density at radius 1 is 0.357 bits per heavy atom. The summed E-state index contributed by atoms with van der Waals surface area (Å²) in [5.74, 6) is 2.34. The van der Waals surface area contributed by atoms with Crippen molar-refractivity contribution in [3.63, 3.8) is 0 Å². The summed E-state index contributed by atoms with van der Waals surface area (Å²) >= 11 is 0. The van der Waals surface area contributed by atoms with Gasteiger partial charge in [0.1, 0.15) is 0 Å². The number of aryl methyl sites for hydroxylation is 4. The maximum absolute atomic E-state index is 11.2. The summed E-state index contributed by atoms with van der Waals surface area (Å²) in [5.41, 5.74) is 7.13. The van der Waals surface area contributed by atoms with Gasteiger partial charge in [-0.15, -0.1) is 0 Å². The van der Waals surface area contributed by atoms with Crippen LogP contribution in [0.1, 0.15) is 44.5 Å². The number of phenols is 4. The number of hydrogen-bond donors (Lipinski definition) is 4. The lowest BCUT2D eigenvalue weighted by atomic mass is 10.1. The van der Waals surface area contributed by atoms with Gasteiger partial charge in [0.15, 0.2) is 46.0 Å². The van der Waals surface area contributed by atoms with Crippen molar-refractivity contribution in [1.29, 1.82) is 0 Å². The van der Waals surface area contributed by atoms with Gasteiger partial charge in [0.2, 0.25) is 0 Å². The minimum Gasteiger partial charge on any atom is -0.504 e. The predicted octanol–water partition coefficient (Wildman–Crippen LogP) is 6.10. The van der Waals surface area contributed by atoms with Crippen LogP contribution in [-0.2, 0) is 26.2 Å². The Morgan fingerprint density at radius 2 is 0.536 bits per heavy atom. The lowest BCUT2D eigenvalue weighted by Crippen LogP contribution is -2.45. The molecule has 4 aromatic rings. The monoisotopic (exact) mass is 772 g/mol. The highest BCUT2D eigenvalue weighted by molar-refractivity contribution is 5.50. The van der Waals surface area contributed by atoms with E-state index in [4.69, 9.17) is 18.9 Å². The van der Waals surface area contributed by atoms with Gasteiger partial charge < -0.3 is 39.4 Å². The average molecular weight is 773 g/mol. The standard InChI is InChI=1S/C44H60N4O8/c1-29-17-33(41(49)37(21-29)53-5)25-45-9-11-46(26-34-18-30(2)22-38(54-6)42(34)50)13-15-48(28-36-20-32(4)24-40(56-8)44(36)52)16-14-47(12-10-45)27-35-19-31(3)23-39(55-7)43(35)51/h17-24,49-52H,9-16,25-28H2,1-8H3. The number of hydrogen-bond acceptors (Lipinski definition) is 12. The van der Waals surface area contributed by atoms with E-state index in [9.17, 15) is 20.4 Å². The Morgan fingerprint density at radius 3 is 0.696 bits per heavy atom. The molecule has 0 spiro atoms. The van der Waals surface area contributed by atoms with E-state index in [0.29, 0.717) is 102 Å². The summed E-state index contributed by atoms with van der Waals surface area (Å²) in [5, 5.41) is 44.8. The van der Waals surface area contributed by atoms with Crippen molar-refractivity contribution in [2.75, 3.05) is 80.8 Å². The fraction of sp³-hybridized carbons (Fsp3) is 0.455. The number of benzene rings is 4. The zero-order chi connectivity index (χ0) is 40.5. The van der Waals surface area contributed by atoms with Gasteiger partial charge in [-0.05, 0) is 74.2 Å². The molecule has 304 valence electrons. The number of methoxy groups -OCH3 is 4. The fourth-order valence-corrected chi connectivity index (χ4v) is 7.55. The van der Waals surface area contributed by atoms with Gasteiger partial charge in [-0.3, -0.25) is 19.6 Å². The Bertz CT molecular complexity index is 1660. The van der Waals surface area contributed by atoms with Crippen molar-refractivity contribution in [1.82, 2.24) is 19.6 Å². The molecule has 12 nitrogen and oxygen atoms in total. The van der Waals surface area contributed by atoms with E-state index in [0.717, 1.165) is 44.5 Å². The number of aromatic hydroxyl groups is 4. The van der Waals surface area contributed by atoms with Crippen molar-refractivity contribution in [2.24, 2.45) is 0 Å². The molecule has 0 aliphatic carbocycles. The molecule has 1 saturated heterocycles. The molecule has 5 rings (SSSR count). The first-order valence-electron chi connectivity index (χ1n) is 19.2. The number of nitrogens with zero attached hydrogens (tertiary/aromatic N) is 4. The molecule has 0 radical (unpaired) electrons.